The molecule has 0 radical (unpaired) electrons. The molecule has 0 amide bonds. The maximum Gasteiger partial charge on any atom is 0.105 e. The summed E-state index contributed by atoms with van der Waals surface area (Å²) in [7, 11) is 0. The average Bonchev–Trinajstić information content (AvgIpc) is 2.04. The van der Waals surface area contributed by atoms with Crippen LogP contribution in [0.5, 0.6) is 0 Å². The van der Waals surface area contributed by atoms with Crippen molar-refractivity contribution < 1.29 is 14.8 Å². The van der Waals surface area contributed by atoms with E-state index >= 15 is 0 Å². The standard InChI is InChI=1S/C6H16N2O3/c1-5(3-7)9-11-10-6(2)4-8/h5-6H,3-4,7-8H2,1-2H3. The van der Waals surface area contributed by atoms with E-state index in [2.05, 4.69) is 14.8 Å². The summed E-state index contributed by atoms with van der Waals surface area (Å²) in [5, 5.41) is 4.38. The van der Waals surface area contributed by atoms with Crippen LogP contribution in [0.1, 0.15) is 13.8 Å². The molecule has 0 fully saturated rings. The van der Waals surface area contributed by atoms with Crippen LogP contribution in [0.25, 0.3) is 0 Å². The molecule has 0 bridgehead atoms. The molecule has 0 aliphatic heterocycles. The van der Waals surface area contributed by atoms with E-state index in [9.17, 15) is 0 Å². The Morgan fingerprint density at radius 2 is 1.36 bits per heavy atom. The summed E-state index contributed by atoms with van der Waals surface area (Å²) in [4.78, 5) is 9.32. The average molecular weight is 164 g/mol. The summed E-state index contributed by atoms with van der Waals surface area (Å²) < 4.78 is 0. The first-order valence-corrected chi connectivity index (χ1v) is 3.59. The number of nitrogens with two attached hydrogens (primary N) is 2. The van der Waals surface area contributed by atoms with Gasteiger partial charge in [-0.25, -0.2) is 9.78 Å². The van der Waals surface area contributed by atoms with Crippen LogP contribution in [0.3, 0.4) is 0 Å². The van der Waals surface area contributed by atoms with Gasteiger partial charge in [-0.3, -0.25) is 0 Å². The zero-order valence-electron chi connectivity index (χ0n) is 6.95. The molecule has 0 spiro atoms. The molecule has 2 atom stereocenters. The van der Waals surface area contributed by atoms with Crippen molar-refractivity contribution in [2.75, 3.05) is 13.1 Å². The van der Waals surface area contributed by atoms with Gasteiger partial charge >= 0.3 is 0 Å². The second-order valence-corrected chi connectivity index (χ2v) is 2.35. The van der Waals surface area contributed by atoms with Crippen molar-refractivity contribution in [3.8, 4) is 0 Å². The predicted molar refractivity (Wildman–Crippen MR) is 40.3 cm³/mol. The summed E-state index contributed by atoms with van der Waals surface area (Å²) in [6, 6.07) is 0. The summed E-state index contributed by atoms with van der Waals surface area (Å²) in [5.41, 5.74) is 10.5. The van der Waals surface area contributed by atoms with Crippen molar-refractivity contribution in [2.45, 2.75) is 26.1 Å². The summed E-state index contributed by atoms with van der Waals surface area (Å²) in [6.07, 6.45) is -0.333. The third-order valence-corrected chi connectivity index (χ3v) is 1.07. The van der Waals surface area contributed by atoms with Gasteiger partial charge in [0.15, 0.2) is 0 Å². The molecule has 0 aliphatic carbocycles. The van der Waals surface area contributed by atoms with Gasteiger partial charge in [0, 0.05) is 13.1 Å². The van der Waals surface area contributed by atoms with Crippen LogP contribution < -0.4 is 11.5 Å². The van der Waals surface area contributed by atoms with E-state index in [4.69, 9.17) is 11.5 Å². The third kappa shape index (κ3) is 6.21. The fourth-order valence-electron chi connectivity index (χ4n) is 0.235. The second kappa shape index (κ2) is 6.51. The van der Waals surface area contributed by atoms with Crippen LogP contribution in [0.2, 0.25) is 0 Å². The lowest BCUT2D eigenvalue weighted by molar-refractivity contribution is -0.534. The first-order chi connectivity index (χ1) is 5.20. The minimum absolute atomic E-state index is 0.167. The van der Waals surface area contributed by atoms with Crippen LogP contribution in [-0.4, -0.2) is 25.3 Å². The minimum Gasteiger partial charge on any atom is -0.328 e. The molecule has 0 aliphatic rings. The largest absolute Gasteiger partial charge is 0.328 e. The third-order valence-electron chi connectivity index (χ3n) is 1.07. The zero-order chi connectivity index (χ0) is 8.69. The Hall–Kier alpha value is -0.200. The van der Waals surface area contributed by atoms with E-state index in [0.29, 0.717) is 13.1 Å². The molecule has 0 saturated carbocycles. The molecule has 68 valence electrons. The van der Waals surface area contributed by atoms with Crippen molar-refractivity contribution in [1.29, 1.82) is 0 Å². The first kappa shape index (κ1) is 10.8. The highest BCUT2D eigenvalue weighted by Crippen LogP contribution is 1.93. The fraction of sp³-hybridized carbons (Fsp3) is 1.00. The van der Waals surface area contributed by atoms with Crippen molar-refractivity contribution in [1.82, 2.24) is 0 Å². The van der Waals surface area contributed by atoms with Crippen LogP contribution in [0.4, 0.5) is 0 Å². The molecule has 0 aromatic heterocycles. The lowest BCUT2D eigenvalue weighted by Crippen LogP contribution is -2.24. The molecule has 0 saturated heterocycles. The summed E-state index contributed by atoms with van der Waals surface area (Å²) in [5.74, 6) is 0. The van der Waals surface area contributed by atoms with E-state index < -0.39 is 0 Å². The van der Waals surface area contributed by atoms with Gasteiger partial charge in [-0.2, -0.15) is 0 Å². The maximum atomic E-state index is 5.24. The molecule has 5 heteroatoms. The van der Waals surface area contributed by atoms with Crippen molar-refractivity contribution in [2.24, 2.45) is 11.5 Å². The molecule has 0 rings (SSSR count). The summed E-state index contributed by atoms with van der Waals surface area (Å²) in [6.45, 7) is 4.33. The molecule has 0 aromatic carbocycles. The molecule has 5 nitrogen and oxygen atoms in total. The molecule has 0 heterocycles. The Kier molecular flexibility index (Phi) is 6.39. The molecule has 11 heavy (non-hydrogen) atoms. The van der Waals surface area contributed by atoms with Gasteiger partial charge in [-0.1, -0.05) is 5.04 Å². The normalized spacial score (nSPS) is 16.4. The smallest absolute Gasteiger partial charge is 0.105 e. The van der Waals surface area contributed by atoms with Gasteiger partial charge in [-0.15, -0.1) is 0 Å². The van der Waals surface area contributed by atoms with Crippen LogP contribution in [0.15, 0.2) is 0 Å². The Balaban J connectivity index is 3.13. The Labute approximate surface area is 66.4 Å². The van der Waals surface area contributed by atoms with Gasteiger partial charge in [0.25, 0.3) is 0 Å². The zero-order valence-corrected chi connectivity index (χ0v) is 6.95. The molecule has 4 N–H and O–H groups in total. The van der Waals surface area contributed by atoms with Crippen molar-refractivity contribution >= 4 is 0 Å². The van der Waals surface area contributed by atoms with E-state index in [1.54, 1.807) is 13.8 Å². The number of rotatable bonds is 6. The van der Waals surface area contributed by atoms with Gasteiger partial charge in [0.1, 0.15) is 12.2 Å². The number of hydrogen-bond donors (Lipinski definition) is 2. The SMILES string of the molecule is CC(CN)OOOC(C)CN. The molecule has 0 aromatic rings. The topological polar surface area (TPSA) is 79.7 Å². The van der Waals surface area contributed by atoms with Gasteiger partial charge < -0.3 is 11.5 Å². The Morgan fingerprint density at radius 3 is 1.64 bits per heavy atom. The highest BCUT2D eigenvalue weighted by Gasteiger charge is 2.03. The van der Waals surface area contributed by atoms with Gasteiger partial charge in [-0.05, 0) is 13.8 Å². The monoisotopic (exact) mass is 164 g/mol. The Morgan fingerprint density at radius 1 is 1.00 bits per heavy atom. The first-order valence-electron chi connectivity index (χ1n) is 3.59. The van der Waals surface area contributed by atoms with Gasteiger partial charge in [0.05, 0.1) is 0 Å². The van der Waals surface area contributed by atoms with E-state index in [0.717, 1.165) is 0 Å². The maximum absolute atomic E-state index is 5.24. The summed E-state index contributed by atoms with van der Waals surface area (Å²) >= 11 is 0. The van der Waals surface area contributed by atoms with E-state index in [-0.39, 0.29) is 12.2 Å². The minimum atomic E-state index is -0.167. The van der Waals surface area contributed by atoms with Gasteiger partial charge in [0.2, 0.25) is 0 Å². The van der Waals surface area contributed by atoms with Crippen LogP contribution in [0, 0.1) is 0 Å². The quantitative estimate of drug-likeness (QED) is 0.411. The predicted octanol–water partition coefficient (Wildman–Crippen LogP) is -0.439. The van der Waals surface area contributed by atoms with Crippen LogP contribution >= 0.6 is 0 Å². The molecular weight excluding hydrogens is 148 g/mol. The fourth-order valence-corrected chi connectivity index (χ4v) is 0.235. The Bertz CT molecular complexity index is 81.9. The molecule has 2 unspecified atom stereocenters. The van der Waals surface area contributed by atoms with E-state index in [1.165, 1.54) is 0 Å². The highest BCUT2D eigenvalue weighted by atomic mass is 17.5. The molecular formula is C6H16N2O3. The number of hydrogen-bond acceptors (Lipinski definition) is 5. The van der Waals surface area contributed by atoms with Crippen LogP contribution in [-0.2, 0) is 14.8 Å². The highest BCUT2D eigenvalue weighted by molar-refractivity contribution is 4.44. The lowest BCUT2D eigenvalue weighted by Gasteiger charge is -2.10. The lowest BCUT2D eigenvalue weighted by atomic mass is 10.4. The van der Waals surface area contributed by atoms with Crippen molar-refractivity contribution in [3.05, 3.63) is 0 Å². The second-order valence-electron chi connectivity index (χ2n) is 2.35. The van der Waals surface area contributed by atoms with Crippen molar-refractivity contribution in [3.63, 3.8) is 0 Å². The van der Waals surface area contributed by atoms with E-state index in [1.807, 2.05) is 0 Å².